The van der Waals surface area contributed by atoms with Gasteiger partial charge >= 0.3 is 0 Å². The molecule has 0 radical (unpaired) electrons. The van der Waals surface area contributed by atoms with Crippen molar-refractivity contribution >= 4 is 103 Å². The van der Waals surface area contributed by atoms with Crippen LogP contribution in [-0.2, 0) is 0 Å². The fourth-order valence-corrected chi connectivity index (χ4v) is 9.49. The van der Waals surface area contributed by atoms with Gasteiger partial charge in [0, 0.05) is 59.0 Å². The molecule has 0 saturated carbocycles. The maximum absolute atomic E-state index is 6.55. The summed E-state index contributed by atoms with van der Waals surface area (Å²) in [6.45, 7) is 0. The van der Waals surface area contributed by atoms with Gasteiger partial charge in [0.2, 0.25) is 5.89 Å². The molecule has 5 nitrogen and oxygen atoms in total. The average molecular weight is 724 g/mol. The summed E-state index contributed by atoms with van der Waals surface area (Å²) in [7, 11) is 0. The second-order valence-electron chi connectivity index (χ2n) is 13.9. The van der Waals surface area contributed by atoms with Gasteiger partial charge in [-0.2, -0.15) is 0 Å². The van der Waals surface area contributed by atoms with Crippen LogP contribution in [0.25, 0.3) is 92.2 Å². The topological polar surface area (TPSA) is 47.3 Å². The molecule has 12 aromatic rings. The second kappa shape index (κ2) is 11.7. The number of oxazole rings is 1. The zero-order valence-corrected chi connectivity index (χ0v) is 30.1. The molecule has 55 heavy (non-hydrogen) atoms. The Bertz CT molecular complexity index is 3450. The number of rotatable bonds is 5. The van der Waals surface area contributed by atoms with Crippen LogP contribution >= 0.6 is 11.3 Å². The minimum absolute atomic E-state index is 0.591. The molecule has 0 unspecified atom stereocenters. The van der Waals surface area contributed by atoms with E-state index >= 15 is 0 Å². The molecule has 0 saturated heterocycles. The van der Waals surface area contributed by atoms with Crippen LogP contribution in [0, 0.1) is 0 Å². The van der Waals surface area contributed by atoms with Crippen LogP contribution in [0.5, 0.6) is 0 Å². The largest absolute Gasteiger partial charge is 0.456 e. The molecule has 4 aromatic heterocycles. The van der Waals surface area contributed by atoms with Crippen LogP contribution in [0.3, 0.4) is 0 Å². The third kappa shape index (κ3) is 4.55. The summed E-state index contributed by atoms with van der Waals surface area (Å²) in [6.07, 6.45) is 0. The second-order valence-corrected chi connectivity index (χ2v) is 15.0. The van der Waals surface area contributed by atoms with Gasteiger partial charge in [0.25, 0.3) is 0 Å². The molecule has 0 bridgehead atoms. The average Bonchev–Trinajstić information content (AvgIpc) is 4.02. The zero-order valence-electron chi connectivity index (χ0n) is 29.3. The Morgan fingerprint density at radius 1 is 0.491 bits per heavy atom. The van der Waals surface area contributed by atoms with Crippen LogP contribution < -0.4 is 4.90 Å². The van der Waals surface area contributed by atoms with Crippen molar-refractivity contribution in [3.8, 4) is 17.1 Å². The highest BCUT2D eigenvalue weighted by Crippen LogP contribution is 2.47. The van der Waals surface area contributed by atoms with Crippen molar-refractivity contribution in [3.05, 3.63) is 176 Å². The van der Waals surface area contributed by atoms with Crippen LogP contribution in [0.4, 0.5) is 17.1 Å². The molecule has 0 atom stereocenters. The highest BCUT2D eigenvalue weighted by atomic mass is 32.1. The van der Waals surface area contributed by atoms with E-state index in [2.05, 4.69) is 143 Å². The van der Waals surface area contributed by atoms with Crippen LogP contribution in [0.15, 0.2) is 185 Å². The summed E-state index contributed by atoms with van der Waals surface area (Å²) >= 11 is 1.83. The van der Waals surface area contributed by atoms with Crippen LogP contribution in [0.2, 0.25) is 0 Å². The zero-order chi connectivity index (χ0) is 36.0. The molecular weight excluding hydrogens is 695 g/mol. The lowest BCUT2D eigenvalue weighted by Gasteiger charge is -2.27. The number of para-hydroxylation sites is 2. The van der Waals surface area contributed by atoms with E-state index in [9.17, 15) is 0 Å². The number of benzene rings is 8. The number of aromatic nitrogens is 2. The molecule has 0 aliphatic carbocycles. The molecule has 8 aromatic carbocycles. The maximum atomic E-state index is 6.55. The molecule has 0 fully saturated rings. The van der Waals surface area contributed by atoms with Crippen molar-refractivity contribution in [1.29, 1.82) is 0 Å². The summed E-state index contributed by atoms with van der Waals surface area (Å²) in [6, 6.07) is 62.1. The highest BCUT2D eigenvalue weighted by Gasteiger charge is 2.24. The number of anilines is 3. The Balaban J connectivity index is 1.15. The van der Waals surface area contributed by atoms with Crippen molar-refractivity contribution in [2.45, 2.75) is 0 Å². The van der Waals surface area contributed by atoms with E-state index in [1.54, 1.807) is 0 Å². The molecule has 0 N–H and O–H groups in total. The van der Waals surface area contributed by atoms with E-state index in [0.717, 1.165) is 72.4 Å². The summed E-state index contributed by atoms with van der Waals surface area (Å²) in [5.74, 6) is 0.591. The van der Waals surface area contributed by atoms with Crippen LogP contribution in [-0.4, -0.2) is 9.55 Å². The van der Waals surface area contributed by atoms with Crippen molar-refractivity contribution in [2.75, 3.05) is 4.90 Å². The molecule has 0 amide bonds. The van der Waals surface area contributed by atoms with E-state index in [0.29, 0.717) is 5.89 Å². The van der Waals surface area contributed by atoms with Crippen LogP contribution in [0.1, 0.15) is 0 Å². The number of thiophene rings is 1. The fraction of sp³-hybridized carbons (Fsp3) is 0. The van der Waals surface area contributed by atoms with Crippen molar-refractivity contribution < 1.29 is 8.83 Å². The van der Waals surface area contributed by atoms with Gasteiger partial charge in [-0.3, -0.25) is 0 Å². The Morgan fingerprint density at radius 3 is 2.05 bits per heavy atom. The standard InChI is InChI=1S/C49H29N3O2S/c1-3-12-30(13-4-1)49-50-38-24-26-43-47(48(38)54-49)37-29-32(22-25-42(37)53-43)51(33-23-27-45-36(28-33)34-16-8-10-21-44(34)55-45)40-19-11-20-41-46(40)35-17-7-9-18-39(35)52(41)31-14-5-2-6-15-31/h1-29H. The summed E-state index contributed by atoms with van der Waals surface area (Å²) in [4.78, 5) is 7.30. The molecule has 0 aliphatic heterocycles. The smallest absolute Gasteiger partial charge is 0.227 e. The summed E-state index contributed by atoms with van der Waals surface area (Å²) in [5.41, 5.74) is 10.6. The molecule has 258 valence electrons. The SMILES string of the molecule is c1ccc(-c2nc3ccc4oc5ccc(N(c6ccc7sc8ccccc8c7c6)c6cccc7c6c6ccccc6n7-c6ccccc6)cc5c4c3o2)cc1. The minimum Gasteiger partial charge on any atom is -0.456 e. The lowest BCUT2D eigenvalue weighted by atomic mass is 10.1. The first-order chi connectivity index (χ1) is 27.3. The molecule has 12 rings (SSSR count). The normalized spacial score (nSPS) is 12.0. The van der Waals surface area contributed by atoms with E-state index < -0.39 is 0 Å². The number of hydrogen-bond donors (Lipinski definition) is 0. The van der Waals surface area contributed by atoms with E-state index in [4.69, 9.17) is 13.8 Å². The van der Waals surface area contributed by atoms with Crippen molar-refractivity contribution in [2.24, 2.45) is 0 Å². The Kier molecular flexibility index (Phi) is 6.44. The molecular formula is C49H29N3O2S. The first-order valence-corrected chi connectivity index (χ1v) is 19.2. The first kappa shape index (κ1) is 30.3. The highest BCUT2D eigenvalue weighted by molar-refractivity contribution is 7.25. The van der Waals surface area contributed by atoms with Gasteiger partial charge in [-0.25, -0.2) is 4.98 Å². The lowest BCUT2D eigenvalue weighted by molar-refractivity contribution is 0.622. The third-order valence-electron chi connectivity index (χ3n) is 10.8. The number of nitrogens with zero attached hydrogens (tertiary/aromatic N) is 3. The first-order valence-electron chi connectivity index (χ1n) is 18.4. The van der Waals surface area contributed by atoms with Gasteiger partial charge < -0.3 is 18.3 Å². The van der Waals surface area contributed by atoms with E-state index in [-0.39, 0.29) is 0 Å². The Morgan fingerprint density at radius 2 is 1.18 bits per heavy atom. The van der Waals surface area contributed by atoms with Gasteiger partial charge in [-0.05, 0) is 97.1 Å². The number of hydrogen-bond acceptors (Lipinski definition) is 5. The van der Waals surface area contributed by atoms with Gasteiger partial charge in [-0.1, -0.05) is 78.9 Å². The quantitative estimate of drug-likeness (QED) is 0.177. The minimum atomic E-state index is 0.591. The van der Waals surface area contributed by atoms with Gasteiger partial charge in [0.1, 0.15) is 16.7 Å². The molecule has 0 aliphatic rings. The van der Waals surface area contributed by atoms with Gasteiger partial charge in [0.05, 0.1) is 22.1 Å². The van der Waals surface area contributed by atoms with E-state index in [1.165, 1.54) is 30.9 Å². The molecule has 0 spiro atoms. The predicted octanol–water partition coefficient (Wildman–Crippen LogP) is 14.3. The van der Waals surface area contributed by atoms with Gasteiger partial charge in [0.15, 0.2) is 5.58 Å². The molecule has 6 heteroatoms. The van der Waals surface area contributed by atoms with Crippen molar-refractivity contribution in [1.82, 2.24) is 9.55 Å². The number of fused-ring (bicyclic) bond motifs is 11. The number of furan rings is 1. The van der Waals surface area contributed by atoms with Gasteiger partial charge in [-0.15, -0.1) is 11.3 Å². The van der Waals surface area contributed by atoms with E-state index in [1.807, 2.05) is 53.8 Å². The summed E-state index contributed by atoms with van der Waals surface area (Å²) < 4.78 is 18.0. The van der Waals surface area contributed by atoms with Crippen molar-refractivity contribution in [3.63, 3.8) is 0 Å². The molecule has 4 heterocycles. The fourth-order valence-electron chi connectivity index (χ4n) is 8.40. The summed E-state index contributed by atoms with van der Waals surface area (Å²) in [5, 5.41) is 6.77. The predicted molar refractivity (Wildman–Crippen MR) is 229 cm³/mol. The Labute approximate surface area is 318 Å². The lowest BCUT2D eigenvalue weighted by Crippen LogP contribution is -2.10. The monoisotopic (exact) mass is 723 g/mol. The Hall–Kier alpha value is -7.15. The maximum Gasteiger partial charge on any atom is 0.227 e. The third-order valence-corrected chi connectivity index (χ3v) is 12.0.